The summed E-state index contributed by atoms with van der Waals surface area (Å²) in [6.45, 7) is 3.02. The molecule has 0 saturated heterocycles. The second kappa shape index (κ2) is 9.08. The zero-order valence-electron chi connectivity index (χ0n) is 13.3. The highest BCUT2D eigenvalue weighted by molar-refractivity contribution is 5.63. The molecule has 22 heavy (non-hydrogen) atoms. The third kappa shape index (κ3) is 5.40. The summed E-state index contributed by atoms with van der Waals surface area (Å²) in [6, 6.07) is 11.5. The van der Waals surface area contributed by atoms with Crippen molar-refractivity contribution in [3.63, 3.8) is 0 Å². The molecule has 1 N–H and O–H groups in total. The van der Waals surface area contributed by atoms with Gasteiger partial charge in [0.1, 0.15) is 5.75 Å². The van der Waals surface area contributed by atoms with Crippen molar-refractivity contribution in [1.82, 2.24) is 4.98 Å². The summed E-state index contributed by atoms with van der Waals surface area (Å²) in [5.74, 6) is 0.951. The quantitative estimate of drug-likeness (QED) is 0.648. The van der Waals surface area contributed by atoms with Gasteiger partial charge >= 0.3 is 0 Å². The Kier molecular flexibility index (Phi) is 6.75. The van der Waals surface area contributed by atoms with E-state index in [9.17, 15) is 5.11 Å². The maximum atomic E-state index is 9.21. The lowest BCUT2D eigenvalue weighted by Gasteiger charge is -2.07. The van der Waals surface area contributed by atoms with E-state index in [4.69, 9.17) is 4.74 Å². The molecule has 0 amide bonds. The summed E-state index contributed by atoms with van der Waals surface area (Å²) in [5, 5.41) is 9.21. The van der Waals surface area contributed by atoms with Crippen LogP contribution in [0, 0.1) is 0 Å². The smallest absolute Gasteiger partial charge is 0.210 e. The van der Waals surface area contributed by atoms with Gasteiger partial charge in [-0.05, 0) is 30.2 Å². The van der Waals surface area contributed by atoms with E-state index in [2.05, 4.69) is 11.9 Å². The van der Waals surface area contributed by atoms with Gasteiger partial charge in [-0.25, -0.2) is 4.98 Å². The van der Waals surface area contributed by atoms with Gasteiger partial charge in [-0.2, -0.15) is 0 Å². The van der Waals surface area contributed by atoms with Crippen molar-refractivity contribution in [2.75, 3.05) is 6.61 Å². The van der Waals surface area contributed by atoms with E-state index >= 15 is 0 Å². The van der Waals surface area contributed by atoms with Crippen LogP contribution in [0.1, 0.15) is 45.4 Å². The van der Waals surface area contributed by atoms with Gasteiger partial charge in [0.25, 0.3) is 0 Å². The van der Waals surface area contributed by atoms with E-state index in [1.807, 2.05) is 30.3 Å². The van der Waals surface area contributed by atoms with E-state index < -0.39 is 0 Å². The Labute approximate surface area is 133 Å². The molecule has 0 atom stereocenters. The maximum Gasteiger partial charge on any atom is 0.210 e. The van der Waals surface area contributed by atoms with E-state index in [0.717, 1.165) is 29.9 Å². The molecule has 1 heterocycles. The zero-order valence-corrected chi connectivity index (χ0v) is 13.3. The van der Waals surface area contributed by atoms with Crippen LogP contribution in [0.25, 0.3) is 11.1 Å². The molecule has 0 spiro atoms. The van der Waals surface area contributed by atoms with Crippen molar-refractivity contribution >= 4 is 0 Å². The van der Waals surface area contributed by atoms with Crippen LogP contribution in [0.5, 0.6) is 11.6 Å². The Morgan fingerprint density at radius 1 is 0.864 bits per heavy atom. The minimum Gasteiger partial charge on any atom is -0.494 e. The molecule has 3 heteroatoms. The van der Waals surface area contributed by atoms with Crippen LogP contribution in [0.4, 0.5) is 0 Å². The molecule has 0 radical (unpaired) electrons. The van der Waals surface area contributed by atoms with Crippen molar-refractivity contribution in [3.05, 3.63) is 42.6 Å². The summed E-state index contributed by atoms with van der Waals surface area (Å²) in [5.41, 5.74) is 2.06. The first-order valence-corrected chi connectivity index (χ1v) is 8.18. The van der Waals surface area contributed by atoms with Gasteiger partial charge in [-0.1, -0.05) is 51.2 Å². The number of pyridine rings is 1. The van der Waals surface area contributed by atoms with Gasteiger partial charge in [0, 0.05) is 17.8 Å². The standard InChI is InChI=1S/C19H25NO2/c1-2-3-4-5-6-7-14-22-18-11-8-16(9-12-18)17-10-13-19(21)20-15-17/h8-13,15H,2-7,14H2,1H3,(H,20,21). The van der Waals surface area contributed by atoms with E-state index in [1.165, 1.54) is 32.1 Å². The molecule has 0 aliphatic heterocycles. The van der Waals surface area contributed by atoms with Crippen LogP contribution in [0.15, 0.2) is 42.6 Å². The predicted octanol–water partition coefficient (Wildman–Crippen LogP) is 5.19. The summed E-state index contributed by atoms with van der Waals surface area (Å²) >= 11 is 0. The molecule has 0 saturated carbocycles. The van der Waals surface area contributed by atoms with Crippen molar-refractivity contribution in [1.29, 1.82) is 0 Å². The Bertz CT molecular complexity index is 534. The van der Waals surface area contributed by atoms with Crippen molar-refractivity contribution in [2.45, 2.75) is 45.4 Å². The number of hydrogen-bond acceptors (Lipinski definition) is 3. The van der Waals surface area contributed by atoms with Gasteiger partial charge in [-0.3, -0.25) is 0 Å². The molecule has 2 rings (SSSR count). The van der Waals surface area contributed by atoms with Gasteiger partial charge in [0.15, 0.2) is 0 Å². The summed E-state index contributed by atoms with van der Waals surface area (Å²) < 4.78 is 5.77. The highest BCUT2D eigenvalue weighted by atomic mass is 16.5. The molecule has 0 fully saturated rings. The number of ether oxygens (including phenoxy) is 1. The maximum absolute atomic E-state index is 9.21. The molecule has 1 aromatic heterocycles. The fraction of sp³-hybridized carbons (Fsp3) is 0.421. The first kappa shape index (κ1) is 16.3. The summed E-state index contributed by atoms with van der Waals surface area (Å²) in [6.07, 6.45) is 9.32. The molecule has 0 unspecified atom stereocenters. The van der Waals surface area contributed by atoms with Crippen LogP contribution in [-0.2, 0) is 0 Å². The Balaban J connectivity index is 1.74. The Morgan fingerprint density at radius 2 is 1.55 bits per heavy atom. The minimum atomic E-state index is 0.0441. The molecule has 3 nitrogen and oxygen atoms in total. The average Bonchev–Trinajstić information content (AvgIpc) is 2.55. The number of aromatic hydroxyl groups is 1. The normalized spacial score (nSPS) is 10.6. The molecular formula is C19H25NO2. The molecular weight excluding hydrogens is 274 g/mol. The SMILES string of the molecule is CCCCCCCCOc1ccc(-c2ccc(O)nc2)cc1. The molecule has 0 aliphatic carbocycles. The van der Waals surface area contributed by atoms with Crippen molar-refractivity contribution in [2.24, 2.45) is 0 Å². The predicted molar refractivity (Wildman–Crippen MR) is 90.2 cm³/mol. The highest BCUT2D eigenvalue weighted by Gasteiger charge is 2.00. The number of hydrogen-bond donors (Lipinski definition) is 1. The van der Waals surface area contributed by atoms with Gasteiger partial charge < -0.3 is 9.84 Å². The monoisotopic (exact) mass is 299 g/mol. The van der Waals surface area contributed by atoms with Gasteiger partial charge in [0.2, 0.25) is 5.88 Å². The van der Waals surface area contributed by atoms with E-state index in [0.29, 0.717) is 0 Å². The summed E-state index contributed by atoms with van der Waals surface area (Å²) in [7, 11) is 0. The van der Waals surface area contributed by atoms with E-state index in [-0.39, 0.29) is 5.88 Å². The number of unbranched alkanes of at least 4 members (excludes halogenated alkanes) is 5. The molecule has 0 bridgehead atoms. The third-order valence-corrected chi connectivity index (χ3v) is 3.70. The first-order valence-electron chi connectivity index (χ1n) is 8.18. The lowest BCUT2D eigenvalue weighted by Crippen LogP contribution is -1.97. The average molecular weight is 299 g/mol. The topological polar surface area (TPSA) is 42.4 Å². The number of nitrogens with zero attached hydrogens (tertiary/aromatic N) is 1. The minimum absolute atomic E-state index is 0.0441. The van der Waals surface area contributed by atoms with Crippen LogP contribution >= 0.6 is 0 Å². The molecule has 118 valence electrons. The number of benzene rings is 1. The number of rotatable bonds is 9. The van der Waals surface area contributed by atoms with Crippen LogP contribution in [0.2, 0.25) is 0 Å². The lowest BCUT2D eigenvalue weighted by atomic mass is 10.1. The second-order valence-electron chi connectivity index (χ2n) is 5.55. The van der Waals surface area contributed by atoms with Gasteiger partial charge in [0.05, 0.1) is 6.61 Å². The lowest BCUT2D eigenvalue weighted by molar-refractivity contribution is 0.304. The number of aromatic nitrogens is 1. The Hall–Kier alpha value is -2.03. The first-order chi connectivity index (χ1) is 10.8. The molecule has 1 aromatic carbocycles. The van der Waals surface area contributed by atoms with Crippen LogP contribution in [-0.4, -0.2) is 16.7 Å². The third-order valence-electron chi connectivity index (χ3n) is 3.70. The fourth-order valence-electron chi connectivity index (χ4n) is 2.37. The molecule has 0 aliphatic rings. The van der Waals surface area contributed by atoms with Crippen LogP contribution in [0.3, 0.4) is 0 Å². The fourth-order valence-corrected chi connectivity index (χ4v) is 2.37. The Morgan fingerprint density at radius 3 is 2.23 bits per heavy atom. The summed E-state index contributed by atoms with van der Waals surface area (Å²) in [4.78, 5) is 3.89. The molecule has 2 aromatic rings. The largest absolute Gasteiger partial charge is 0.494 e. The van der Waals surface area contributed by atoms with Crippen molar-refractivity contribution < 1.29 is 9.84 Å². The zero-order chi connectivity index (χ0) is 15.6. The van der Waals surface area contributed by atoms with E-state index in [1.54, 1.807) is 12.3 Å². The highest BCUT2D eigenvalue weighted by Crippen LogP contribution is 2.23. The second-order valence-corrected chi connectivity index (χ2v) is 5.55. The van der Waals surface area contributed by atoms with Gasteiger partial charge in [-0.15, -0.1) is 0 Å². The van der Waals surface area contributed by atoms with Crippen LogP contribution < -0.4 is 4.74 Å². The van der Waals surface area contributed by atoms with Crippen molar-refractivity contribution in [3.8, 4) is 22.8 Å².